The molecule has 0 aliphatic rings. The van der Waals surface area contributed by atoms with Crippen LogP contribution in [0.1, 0.15) is 5.82 Å². The summed E-state index contributed by atoms with van der Waals surface area (Å²) in [5.41, 5.74) is -0.726. The van der Waals surface area contributed by atoms with Crippen LogP contribution in [0, 0.1) is 6.92 Å². The molecule has 0 aliphatic carbocycles. The van der Waals surface area contributed by atoms with Gasteiger partial charge in [0.05, 0.1) is 5.39 Å². The Hall–Kier alpha value is -3.23. The molecule has 24 heavy (non-hydrogen) atoms. The third kappa shape index (κ3) is 3.09. The van der Waals surface area contributed by atoms with Crippen molar-refractivity contribution in [1.82, 2.24) is 29.4 Å². The lowest BCUT2D eigenvalue weighted by Gasteiger charge is -2.08. The molecule has 124 valence electrons. The fraction of sp³-hybridized carbons (Fsp3) is 0.267. The maximum atomic E-state index is 12.3. The van der Waals surface area contributed by atoms with Crippen LogP contribution in [0.4, 0.5) is 0 Å². The Bertz CT molecular complexity index is 1000. The number of hydrogen-bond acceptors (Lipinski definition) is 5. The SMILES string of the molecule is Cc1nccn1CC(=O)NCCn1c(=O)[nH]c2ncccc2c1=O. The molecule has 2 N–H and O–H groups in total. The smallest absolute Gasteiger partial charge is 0.330 e. The van der Waals surface area contributed by atoms with Gasteiger partial charge in [-0.1, -0.05) is 0 Å². The summed E-state index contributed by atoms with van der Waals surface area (Å²) in [6, 6.07) is 3.22. The third-order valence-electron chi connectivity index (χ3n) is 3.65. The van der Waals surface area contributed by atoms with Crippen LogP contribution in [-0.4, -0.2) is 36.5 Å². The van der Waals surface area contributed by atoms with Gasteiger partial charge in [-0.15, -0.1) is 0 Å². The predicted octanol–water partition coefficient (Wildman–Crippen LogP) is -0.594. The summed E-state index contributed by atoms with van der Waals surface area (Å²) in [7, 11) is 0. The minimum atomic E-state index is -0.550. The molecule has 0 saturated heterocycles. The summed E-state index contributed by atoms with van der Waals surface area (Å²) in [6.45, 7) is 2.18. The number of nitrogens with one attached hydrogen (secondary N) is 2. The molecule has 3 aromatic rings. The number of nitrogens with zero attached hydrogens (tertiary/aromatic N) is 4. The molecule has 0 unspecified atom stereocenters. The number of pyridine rings is 1. The molecule has 1 amide bonds. The average molecular weight is 328 g/mol. The fourth-order valence-electron chi connectivity index (χ4n) is 2.38. The van der Waals surface area contributed by atoms with E-state index in [2.05, 4.69) is 20.3 Å². The van der Waals surface area contributed by atoms with Gasteiger partial charge in [0.15, 0.2) is 0 Å². The summed E-state index contributed by atoms with van der Waals surface area (Å²) in [6.07, 6.45) is 4.83. The molecule has 0 radical (unpaired) electrons. The van der Waals surface area contributed by atoms with Crippen molar-refractivity contribution < 1.29 is 4.79 Å². The van der Waals surface area contributed by atoms with Gasteiger partial charge in [0, 0.05) is 31.7 Å². The Morgan fingerprint density at radius 1 is 1.29 bits per heavy atom. The van der Waals surface area contributed by atoms with Gasteiger partial charge < -0.3 is 9.88 Å². The first-order valence-electron chi connectivity index (χ1n) is 7.38. The molecule has 9 nitrogen and oxygen atoms in total. The van der Waals surface area contributed by atoms with E-state index in [-0.39, 0.29) is 31.2 Å². The number of imidazole rings is 1. The van der Waals surface area contributed by atoms with E-state index in [1.807, 2.05) is 0 Å². The van der Waals surface area contributed by atoms with E-state index in [1.54, 1.807) is 36.0 Å². The zero-order valence-corrected chi connectivity index (χ0v) is 13.0. The number of carbonyl (C=O) groups is 1. The van der Waals surface area contributed by atoms with E-state index in [4.69, 9.17) is 0 Å². The van der Waals surface area contributed by atoms with E-state index in [0.717, 1.165) is 10.4 Å². The van der Waals surface area contributed by atoms with Crippen molar-refractivity contribution in [3.8, 4) is 0 Å². The van der Waals surface area contributed by atoms with Crippen LogP contribution in [0.25, 0.3) is 11.0 Å². The van der Waals surface area contributed by atoms with Gasteiger partial charge in [0.1, 0.15) is 18.0 Å². The maximum Gasteiger partial charge on any atom is 0.330 e. The van der Waals surface area contributed by atoms with Crippen molar-refractivity contribution in [3.63, 3.8) is 0 Å². The number of aromatic amines is 1. The number of aromatic nitrogens is 5. The van der Waals surface area contributed by atoms with Crippen LogP contribution in [0.2, 0.25) is 0 Å². The highest BCUT2D eigenvalue weighted by molar-refractivity contribution is 5.75. The number of fused-ring (bicyclic) bond motifs is 1. The number of hydrogen-bond donors (Lipinski definition) is 2. The number of amides is 1. The first kappa shape index (κ1) is 15.7. The lowest BCUT2D eigenvalue weighted by molar-refractivity contribution is -0.121. The Morgan fingerprint density at radius 3 is 2.88 bits per heavy atom. The second-order valence-electron chi connectivity index (χ2n) is 5.24. The van der Waals surface area contributed by atoms with Gasteiger partial charge in [-0.3, -0.25) is 19.1 Å². The van der Waals surface area contributed by atoms with Crippen LogP contribution in [0.5, 0.6) is 0 Å². The van der Waals surface area contributed by atoms with Crippen molar-refractivity contribution in [2.24, 2.45) is 0 Å². The number of H-pyrrole nitrogens is 1. The molecule has 0 fully saturated rings. The second-order valence-corrected chi connectivity index (χ2v) is 5.24. The summed E-state index contributed by atoms with van der Waals surface area (Å²) in [5.74, 6) is 0.517. The normalized spacial score (nSPS) is 10.9. The molecule has 0 saturated carbocycles. The largest absolute Gasteiger partial charge is 0.353 e. The van der Waals surface area contributed by atoms with Gasteiger partial charge in [0.25, 0.3) is 5.56 Å². The van der Waals surface area contributed by atoms with Crippen molar-refractivity contribution in [2.45, 2.75) is 20.0 Å². The highest BCUT2D eigenvalue weighted by Gasteiger charge is 2.09. The molecule has 9 heteroatoms. The number of carbonyl (C=O) groups excluding carboxylic acids is 1. The van der Waals surface area contributed by atoms with Gasteiger partial charge in [-0.05, 0) is 19.1 Å². The molecule has 0 aromatic carbocycles. The zero-order chi connectivity index (χ0) is 17.1. The molecule has 0 aliphatic heterocycles. The lowest BCUT2D eigenvalue weighted by Crippen LogP contribution is -2.39. The highest BCUT2D eigenvalue weighted by atomic mass is 16.2. The van der Waals surface area contributed by atoms with Gasteiger partial charge >= 0.3 is 5.69 Å². The lowest BCUT2D eigenvalue weighted by atomic mass is 10.3. The first-order valence-corrected chi connectivity index (χ1v) is 7.38. The highest BCUT2D eigenvalue weighted by Crippen LogP contribution is 1.98. The Labute approximate surface area is 136 Å². The number of rotatable bonds is 5. The molecular formula is C15H16N6O3. The fourth-order valence-corrected chi connectivity index (χ4v) is 2.38. The van der Waals surface area contributed by atoms with Crippen LogP contribution >= 0.6 is 0 Å². The van der Waals surface area contributed by atoms with Crippen molar-refractivity contribution in [3.05, 3.63) is 57.4 Å². The zero-order valence-electron chi connectivity index (χ0n) is 13.0. The summed E-state index contributed by atoms with van der Waals surface area (Å²) in [4.78, 5) is 46.7. The molecule has 0 atom stereocenters. The molecule has 0 spiro atoms. The standard InChI is InChI=1S/C15H16N6O3/c1-10-16-5-7-20(10)9-12(22)17-6-8-21-14(23)11-3-2-4-18-13(11)19-15(21)24/h2-5,7H,6,8-9H2,1H3,(H,17,22)(H,18,19,24). The molecule has 3 aromatic heterocycles. The minimum absolute atomic E-state index is 0.0770. The monoisotopic (exact) mass is 328 g/mol. The Morgan fingerprint density at radius 2 is 2.12 bits per heavy atom. The Kier molecular flexibility index (Phi) is 4.23. The van der Waals surface area contributed by atoms with E-state index >= 15 is 0 Å². The summed E-state index contributed by atoms with van der Waals surface area (Å²) >= 11 is 0. The van der Waals surface area contributed by atoms with Crippen LogP contribution in [-0.2, 0) is 17.9 Å². The van der Waals surface area contributed by atoms with Crippen LogP contribution in [0.15, 0.2) is 40.3 Å². The second kappa shape index (κ2) is 6.49. The number of aryl methyl sites for hydroxylation is 1. The molecule has 3 rings (SSSR count). The van der Waals surface area contributed by atoms with Crippen molar-refractivity contribution >= 4 is 16.9 Å². The Balaban J connectivity index is 1.68. The van der Waals surface area contributed by atoms with Gasteiger partial charge in [0.2, 0.25) is 5.91 Å². The van der Waals surface area contributed by atoms with Crippen molar-refractivity contribution in [2.75, 3.05) is 6.54 Å². The summed E-state index contributed by atoms with van der Waals surface area (Å²) < 4.78 is 2.75. The van der Waals surface area contributed by atoms with Crippen molar-refractivity contribution in [1.29, 1.82) is 0 Å². The van der Waals surface area contributed by atoms with Crippen LogP contribution in [0.3, 0.4) is 0 Å². The van der Waals surface area contributed by atoms with E-state index < -0.39 is 11.2 Å². The van der Waals surface area contributed by atoms with Crippen LogP contribution < -0.4 is 16.6 Å². The summed E-state index contributed by atoms with van der Waals surface area (Å²) in [5, 5.41) is 3.01. The van der Waals surface area contributed by atoms with E-state index in [1.165, 1.54) is 6.20 Å². The van der Waals surface area contributed by atoms with Gasteiger partial charge in [-0.2, -0.15) is 0 Å². The molecule has 0 bridgehead atoms. The average Bonchev–Trinajstić information content (AvgIpc) is 2.95. The first-order chi connectivity index (χ1) is 11.6. The van der Waals surface area contributed by atoms with E-state index in [0.29, 0.717) is 5.39 Å². The maximum absolute atomic E-state index is 12.3. The van der Waals surface area contributed by atoms with E-state index in [9.17, 15) is 14.4 Å². The minimum Gasteiger partial charge on any atom is -0.353 e. The predicted molar refractivity (Wildman–Crippen MR) is 86.6 cm³/mol. The molecular weight excluding hydrogens is 312 g/mol. The quantitative estimate of drug-likeness (QED) is 0.649. The topological polar surface area (TPSA) is 115 Å². The molecule has 3 heterocycles. The van der Waals surface area contributed by atoms with Gasteiger partial charge in [-0.25, -0.2) is 14.8 Å². The third-order valence-corrected chi connectivity index (χ3v) is 3.65.